The third-order valence-electron chi connectivity index (χ3n) is 2.23. The Kier molecular flexibility index (Phi) is 3.31. The number of nitro groups is 1. The van der Waals surface area contributed by atoms with E-state index in [1.165, 1.54) is 32.9 Å². The smallest absolute Gasteiger partial charge is 0.328 e. The average Bonchev–Trinajstić information content (AvgIpc) is 2.15. The number of aromatic nitrogens is 1. The molecule has 92 valence electrons. The van der Waals surface area contributed by atoms with Crippen molar-refractivity contribution in [2.45, 2.75) is 26.3 Å². The van der Waals surface area contributed by atoms with Crippen molar-refractivity contribution in [2.24, 2.45) is 0 Å². The van der Waals surface area contributed by atoms with Crippen LogP contribution in [0.2, 0.25) is 0 Å². The highest BCUT2D eigenvalue weighted by Gasteiger charge is 2.27. The van der Waals surface area contributed by atoms with E-state index < -0.39 is 16.4 Å². The van der Waals surface area contributed by atoms with Crippen molar-refractivity contribution in [3.8, 4) is 0 Å². The van der Waals surface area contributed by atoms with Crippen LogP contribution < -0.4 is 5.32 Å². The maximum Gasteiger partial charge on any atom is 0.328 e. The summed E-state index contributed by atoms with van der Waals surface area (Å²) in [6, 6.07) is 2.68. The zero-order valence-electron chi connectivity index (χ0n) is 9.72. The molecule has 0 aliphatic carbocycles. The summed E-state index contributed by atoms with van der Waals surface area (Å²) in [7, 11) is 0. The van der Waals surface area contributed by atoms with Gasteiger partial charge in [0.25, 0.3) is 5.69 Å². The van der Waals surface area contributed by atoms with Crippen molar-refractivity contribution in [1.82, 2.24) is 4.98 Å². The minimum atomic E-state index is -1.18. The molecule has 0 saturated heterocycles. The Morgan fingerprint density at radius 3 is 2.53 bits per heavy atom. The first-order chi connectivity index (χ1) is 7.74. The summed E-state index contributed by atoms with van der Waals surface area (Å²) in [6.45, 7) is 4.46. The molecule has 0 radical (unpaired) electrons. The number of anilines is 1. The first-order valence-electron chi connectivity index (χ1n) is 4.87. The van der Waals surface area contributed by atoms with Gasteiger partial charge in [-0.25, -0.2) is 9.78 Å². The Morgan fingerprint density at radius 2 is 2.12 bits per heavy atom. The van der Waals surface area contributed by atoms with Crippen LogP contribution in [-0.2, 0) is 4.79 Å². The maximum atomic E-state index is 10.9. The normalized spacial score (nSPS) is 11.0. The number of pyridine rings is 1. The Labute approximate surface area is 97.6 Å². The molecule has 17 heavy (non-hydrogen) atoms. The van der Waals surface area contributed by atoms with Gasteiger partial charge in [0, 0.05) is 6.07 Å². The lowest BCUT2D eigenvalue weighted by atomic mass is 10.1. The molecule has 0 aromatic carbocycles. The van der Waals surface area contributed by atoms with Crippen molar-refractivity contribution in [3.63, 3.8) is 0 Å². The fourth-order valence-corrected chi connectivity index (χ4v) is 1.19. The topological polar surface area (TPSA) is 105 Å². The zero-order chi connectivity index (χ0) is 13.2. The van der Waals surface area contributed by atoms with E-state index in [2.05, 4.69) is 10.3 Å². The highest BCUT2D eigenvalue weighted by molar-refractivity contribution is 5.81. The van der Waals surface area contributed by atoms with Gasteiger partial charge in [-0.05, 0) is 26.8 Å². The minimum absolute atomic E-state index is 0.0938. The van der Waals surface area contributed by atoms with Gasteiger partial charge in [-0.3, -0.25) is 10.1 Å². The Hall–Kier alpha value is -2.18. The Balaban J connectivity index is 2.99. The van der Waals surface area contributed by atoms with Crippen LogP contribution in [0.5, 0.6) is 0 Å². The number of nitrogens with one attached hydrogen (secondary N) is 1. The summed E-state index contributed by atoms with van der Waals surface area (Å²) in [5.74, 6) is -0.740. The molecule has 2 N–H and O–H groups in total. The fraction of sp³-hybridized carbons (Fsp3) is 0.400. The molecule has 0 aliphatic rings. The summed E-state index contributed by atoms with van der Waals surface area (Å²) >= 11 is 0. The van der Waals surface area contributed by atoms with Gasteiger partial charge in [0.1, 0.15) is 17.1 Å². The second kappa shape index (κ2) is 4.36. The van der Waals surface area contributed by atoms with Crippen LogP contribution >= 0.6 is 0 Å². The number of hydrogen-bond donors (Lipinski definition) is 2. The van der Waals surface area contributed by atoms with Gasteiger partial charge in [-0.2, -0.15) is 0 Å². The first kappa shape index (κ1) is 12.9. The van der Waals surface area contributed by atoms with E-state index in [0.717, 1.165) is 0 Å². The Bertz CT molecular complexity index is 471. The van der Waals surface area contributed by atoms with Crippen molar-refractivity contribution in [2.75, 3.05) is 5.32 Å². The van der Waals surface area contributed by atoms with Crippen LogP contribution in [0.3, 0.4) is 0 Å². The minimum Gasteiger partial charge on any atom is -0.480 e. The number of aliphatic carboxylic acids is 1. The monoisotopic (exact) mass is 239 g/mol. The molecule has 7 nitrogen and oxygen atoms in total. The van der Waals surface area contributed by atoms with E-state index in [4.69, 9.17) is 5.11 Å². The number of carbonyl (C=O) groups is 1. The molecule has 1 heterocycles. The summed E-state index contributed by atoms with van der Waals surface area (Å²) < 4.78 is 0. The standard InChI is InChI=1S/C10H13N3O4/c1-6-7(13(16)17)4-5-8(11-6)12-10(2,3)9(14)15/h4-5H,1-3H3,(H,11,12)(H,14,15). The van der Waals surface area contributed by atoms with Crippen molar-refractivity contribution in [3.05, 3.63) is 27.9 Å². The van der Waals surface area contributed by atoms with E-state index in [9.17, 15) is 14.9 Å². The number of carboxylic acids is 1. The van der Waals surface area contributed by atoms with Gasteiger partial charge in [-0.1, -0.05) is 0 Å². The van der Waals surface area contributed by atoms with E-state index in [-0.39, 0.29) is 11.4 Å². The highest BCUT2D eigenvalue weighted by atomic mass is 16.6. The molecule has 0 unspecified atom stereocenters. The molecule has 0 amide bonds. The van der Waals surface area contributed by atoms with Crippen LogP contribution in [-0.4, -0.2) is 26.5 Å². The third kappa shape index (κ3) is 2.90. The van der Waals surface area contributed by atoms with Gasteiger partial charge in [-0.15, -0.1) is 0 Å². The average molecular weight is 239 g/mol. The van der Waals surface area contributed by atoms with E-state index in [0.29, 0.717) is 5.82 Å². The number of nitrogens with zero attached hydrogens (tertiary/aromatic N) is 2. The molecule has 0 spiro atoms. The number of hydrogen-bond acceptors (Lipinski definition) is 5. The Morgan fingerprint density at radius 1 is 1.53 bits per heavy atom. The van der Waals surface area contributed by atoms with Crippen LogP contribution in [0.25, 0.3) is 0 Å². The lowest BCUT2D eigenvalue weighted by Gasteiger charge is -2.21. The second-order valence-electron chi connectivity index (χ2n) is 4.11. The fourth-order valence-electron chi connectivity index (χ4n) is 1.19. The highest BCUT2D eigenvalue weighted by Crippen LogP contribution is 2.20. The molecule has 0 aliphatic heterocycles. The predicted molar refractivity (Wildman–Crippen MR) is 61.0 cm³/mol. The second-order valence-corrected chi connectivity index (χ2v) is 4.11. The van der Waals surface area contributed by atoms with Crippen molar-refractivity contribution >= 4 is 17.5 Å². The van der Waals surface area contributed by atoms with Crippen LogP contribution in [0.4, 0.5) is 11.5 Å². The molecule has 0 bridgehead atoms. The van der Waals surface area contributed by atoms with E-state index >= 15 is 0 Å². The van der Waals surface area contributed by atoms with Gasteiger partial charge >= 0.3 is 5.97 Å². The maximum absolute atomic E-state index is 10.9. The number of aryl methyl sites for hydroxylation is 1. The first-order valence-corrected chi connectivity index (χ1v) is 4.87. The van der Waals surface area contributed by atoms with E-state index in [1.807, 2.05) is 0 Å². The number of rotatable bonds is 4. The molecule has 1 rings (SSSR count). The lowest BCUT2D eigenvalue weighted by molar-refractivity contribution is -0.385. The van der Waals surface area contributed by atoms with Crippen molar-refractivity contribution in [1.29, 1.82) is 0 Å². The molecule has 1 aromatic heterocycles. The molecular weight excluding hydrogens is 226 g/mol. The van der Waals surface area contributed by atoms with Gasteiger partial charge in [0.15, 0.2) is 0 Å². The van der Waals surface area contributed by atoms with Crippen LogP contribution in [0.15, 0.2) is 12.1 Å². The molecule has 7 heteroatoms. The molecular formula is C10H13N3O4. The van der Waals surface area contributed by atoms with Gasteiger partial charge in [0.2, 0.25) is 0 Å². The summed E-state index contributed by atoms with van der Waals surface area (Å²) in [6.07, 6.45) is 0. The van der Waals surface area contributed by atoms with Crippen LogP contribution in [0.1, 0.15) is 19.5 Å². The largest absolute Gasteiger partial charge is 0.480 e. The molecule has 0 atom stereocenters. The van der Waals surface area contributed by atoms with Crippen LogP contribution in [0, 0.1) is 17.0 Å². The zero-order valence-corrected chi connectivity index (χ0v) is 9.72. The van der Waals surface area contributed by atoms with Gasteiger partial charge in [0.05, 0.1) is 4.92 Å². The molecule has 0 saturated carbocycles. The summed E-state index contributed by atoms with van der Waals surface area (Å²) in [5, 5.41) is 22.2. The third-order valence-corrected chi connectivity index (χ3v) is 2.23. The van der Waals surface area contributed by atoms with Gasteiger partial charge < -0.3 is 10.4 Å². The van der Waals surface area contributed by atoms with Crippen molar-refractivity contribution < 1.29 is 14.8 Å². The van der Waals surface area contributed by atoms with E-state index in [1.54, 1.807) is 0 Å². The molecule has 1 aromatic rings. The molecule has 0 fully saturated rings. The predicted octanol–water partition coefficient (Wildman–Crippen LogP) is 1.57. The quantitative estimate of drug-likeness (QED) is 0.610. The SMILES string of the molecule is Cc1nc(NC(C)(C)C(=O)O)ccc1[N+](=O)[O-]. The summed E-state index contributed by atoms with van der Waals surface area (Å²) in [4.78, 5) is 24.9. The number of carboxylic acid groups (broad SMARTS) is 1. The summed E-state index contributed by atoms with van der Waals surface area (Å²) in [5.41, 5.74) is -1.04. The lowest BCUT2D eigenvalue weighted by Crippen LogP contribution is -2.40.